The Labute approximate surface area is 146 Å². The zero-order valence-electron chi connectivity index (χ0n) is 14.0. The lowest BCUT2D eigenvalue weighted by molar-refractivity contribution is -0.120. The normalized spacial score (nSPS) is 10.8. The van der Waals surface area contributed by atoms with Crippen LogP contribution in [0.5, 0.6) is 0 Å². The lowest BCUT2D eigenvalue weighted by atomic mass is 10.1. The van der Waals surface area contributed by atoms with Crippen LogP contribution < -0.4 is 5.32 Å². The van der Waals surface area contributed by atoms with E-state index in [1.807, 2.05) is 48.9 Å². The molecule has 3 aromatic rings. The van der Waals surface area contributed by atoms with Crippen LogP contribution >= 0.6 is 11.3 Å². The van der Waals surface area contributed by atoms with Gasteiger partial charge in [-0.05, 0) is 36.9 Å². The second-order valence-corrected chi connectivity index (χ2v) is 6.83. The summed E-state index contributed by atoms with van der Waals surface area (Å²) in [4.78, 5) is 13.2. The Kier molecular flexibility index (Phi) is 5.11. The van der Waals surface area contributed by atoms with Crippen molar-refractivity contribution in [3.8, 4) is 10.6 Å². The summed E-state index contributed by atoms with van der Waals surface area (Å²) in [5.41, 5.74) is 4.32. The maximum atomic E-state index is 12.1. The smallest absolute Gasteiger partial charge is 0.224 e. The van der Waals surface area contributed by atoms with Crippen molar-refractivity contribution in [3.63, 3.8) is 0 Å². The second kappa shape index (κ2) is 7.45. The lowest BCUT2D eigenvalue weighted by Gasteiger charge is -2.07. The number of nitrogens with one attached hydrogen (secondary N) is 1. The van der Waals surface area contributed by atoms with E-state index in [-0.39, 0.29) is 5.91 Å². The topological polar surface area (TPSA) is 46.9 Å². The van der Waals surface area contributed by atoms with E-state index in [1.54, 1.807) is 11.3 Å². The summed E-state index contributed by atoms with van der Waals surface area (Å²) in [5, 5.41) is 9.64. The van der Waals surface area contributed by atoms with Crippen LogP contribution in [-0.4, -0.2) is 22.2 Å². The maximum Gasteiger partial charge on any atom is 0.224 e. The molecular weight excluding hydrogens is 318 g/mol. The van der Waals surface area contributed by atoms with Crippen molar-refractivity contribution in [3.05, 3.63) is 64.7 Å². The third-order valence-corrected chi connectivity index (χ3v) is 4.74. The Morgan fingerprint density at radius 3 is 2.83 bits per heavy atom. The quantitative estimate of drug-likeness (QED) is 0.746. The Balaban J connectivity index is 1.52. The van der Waals surface area contributed by atoms with E-state index in [9.17, 15) is 4.79 Å². The number of aromatic nitrogens is 2. The number of rotatable bonds is 6. The van der Waals surface area contributed by atoms with Crippen LogP contribution in [0.15, 0.2) is 47.8 Å². The summed E-state index contributed by atoms with van der Waals surface area (Å²) in [7, 11) is 0. The average Bonchev–Trinajstić information content (AvgIpc) is 3.17. The molecule has 0 saturated carbocycles. The molecule has 0 radical (unpaired) electrons. The van der Waals surface area contributed by atoms with E-state index in [0.29, 0.717) is 19.5 Å². The van der Waals surface area contributed by atoms with Crippen molar-refractivity contribution >= 4 is 17.2 Å². The molecule has 0 aliphatic heterocycles. The molecule has 5 heteroatoms. The molecule has 24 heavy (non-hydrogen) atoms. The fourth-order valence-electron chi connectivity index (χ4n) is 2.65. The third-order valence-electron chi connectivity index (χ3n) is 3.85. The minimum Gasteiger partial charge on any atom is -0.354 e. The summed E-state index contributed by atoms with van der Waals surface area (Å²) >= 11 is 1.68. The van der Waals surface area contributed by atoms with E-state index in [1.165, 1.54) is 10.4 Å². The van der Waals surface area contributed by atoms with Crippen molar-refractivity contribution in [1.29, 1.82) is 0 Å². The average molecular weight is 339 g/mol. The standard InChI is InChI=1S/C19H21N3OS/c1-14-5-3-6-16(11-14)13-19(23)20-8-9-22-15(2)12-17(21-22)18-7-4-10-24-18/h3-7,10-12H,8-9,13H2,1-2H3,(H,20,23). The predicted molar refractivity (Wildman–Crippen MR) is 98.2 cm³/mol. The molecule has 0 saturated heterocycles. The highest BCUT2D eigenvalue weighted by Gasteiger charge is 2.08. The zero-order valence-corrected chi connectivity index (χ0v) is 14.8. The van der Waals surface area contributed by atoms with E-state index < -0.39 is 0 Å². The number of carbonyl (C=O) groups excluding carboxylic acids is 1. The molecule has 0 bridgehead atoms. The van der Waals surface area contributed by atoms with Crippen molar-refractivity contribution in [2.75, 3.05) is 6.54 Å². The Morgan fingerprint density at radius 1 is 1.21 bits per heavy atom. The number of amides is 1. The molecule has 2 aromatic heterocycles. The predicted octanol–water partition coefficient (Wildman–Crippen LogP) is 3.59. The minimum atomic E-state index is 0.0453. The highest BCUT2D eigenvalue weighted by Crippen LogP contribution is 2.23. The van der Waals surface area contributed by atoms with E-state index >= 15 is 0 Å². The van der Waals surface area contributed by atoms with Crippen LogP contribution in [-0.2, 0) is 17.8 Å². The van der Waals surface area contributed by atoms with Gasteiger partial charge in [0, 0.05) is 12.2 Å². The van der Waals surface area contributed by atoms with Crippen LogP contribution in [0.4, 0.5) is 0 Å². The van der Waals surface area contributed by atoms with Crippen molar-refractivity contribution in [2.45, 2.75) is 26.8 Å². The molecule has 0 unspecified atom stereocenters. The van der Waals surface area contributed by atoms with Gasteiger partial charge in [0.25, 0.3) is 0 Å². The molecule has 0 atom stereocenters. The van der Waals surface area contributed by atoms with Gasteiger partial charge >= 0.3 is 0 Å². The molecular formula is C19H21N3OS. The summed E-state index contributed by atoms with van der Waals surface area (Å²) in [5.74, 6) is 0.0453. The van der Waals surface area contributed by atoms with Crippen molar-refractivity contribution in [2.24, 2.45) is 0 Å². The Morgan fingerprint density at radius 2 is 2.08 bits per heavy atom. The molecule has 0 aliphatic rings. The first-order chi connectivity index (χ1) is 11.6. The van der Waals surface area contributed by atoms with Crippen LogP contribution in [0.2, 0.25) is 0 Å². The van der Waals surface area contributed by atoms with Gasteiger partial charge in [0.1, 0.15) is 5.69 Å². The number of thiophene rings is 1. The summed E-state index contributed by atoms with van der Waals surface area (Å²) in [6.07, 6.45) is 0.417. The molecule has 124 valence electrons. The first-order valence-corrected chi connectivity index (χ1v) is 8.90. The van der Waals surface area contributed by atoms with Gasteiger partial charge in [-0.1, -0.05) is 35.9 Å². The molecule has 2 heterocycles. The van der Waals surface area contributed by atoms with Gasteiger partial charge in [-0.25, -0.2) is 0 Å². The minimum absolute atomic E-state index is 0.0453. The SMILES string of the molecule is Cc1cccc(CC(=O)NCCn2nc(-c3cccs3)cc2C)c1. The van der Waals surface area contributed by atoms with E-state index in [2.05, 4.69) is 27.9 Å². The zero-order chi connectivity index (χ0) is 16.9. The second-order valence-electron chi connectivity index (χ2n) is 5.89. The molecule has 0 fully saturated rings. The number of hydrogen-bond acceptors (Lipinski definition) is 3. The molecule has 0 aliphatic carbocycles. The number of aryl methyl sites for hydroxylation is 2. The summed E-state index contributed by atoms with van der Waals surface area (Å²) < 4.78 is 1.95. The van der Waals surface area contributed by atoms with Crippen LogP contribution in [0, 0.1) is 13.8 Å². The molecule has 1 N–H and O–H groups in total. The highest BCUT2D eigenvalue weighted by molar-refractivity contribution is 7.13. The lowest BCUT2D eigenvalue weighted by Crippen LogP contribution is -2.29. The fraction of sp³-hybridized carbons (Fsp3) is 0.263. The monoisotopic (exact) mass is 339 g/mol. The van der Waals surface area contributed by atoms with Crippen LogP contribution in [0.3, 0.4) is 0 Å². The Bertz CT molecular complexity index is 821. The van der Waals surface area contributed by atoms with Crippen LogP contribution in [0.1, 0.15) is 16.8 Å². The number of benzene rings is 1. The fourth-order valence-corrected chi connectivity index (χ4v) is 3.33. The highest BCUT2D eigenvalue weighted by atomic mass is 32.1. The number of carbonyl (C=O) groups is 1. The summed E-state index contributed by atoms with van der Waals surface area (Å²) in [6, 6.07) is 14.2. The molecule has 1 amide bonds. The van der Waals surface area contributed by atoms with Gasteiger partial charge in [-0.15, -0.1) is 11.3 Å². The van der Waals surface area contributed by atoms with Crippen LogP contribution in [0.25, 0.3) is 10.6 Å². The first-order valence-electron chi connectivity index (χ1n) is 8.02. The van der Waals surface area contributed by atoms with Crippen molar-refractivity contribution in [1.82, 2.24) is 15.1 Å². The number of nitrogens with zero attached hydrogens (tertiary/aromatic N) is 2. The Hall–Kier alpha value is -2.40. The first kappa shape index (κ1) is 16.5. The molecule has 0 spiro atoms. The van der Waals surface area contributed by atoms with E-state index in [0.717, 1.165) is 17.0 Å². The van der Waals surface area contributed by atoms with Gasteiger partial charge < -0.3 is 5.32 Å². The molecule has 3 rings (SSSR count). The molecule has 4 nitrogen and oxygen atoms in total. The maximum absolute atomic E-state index is 12.1. The molecule has 1 aromatic carbocycles. The van der Waals surface area contributed by atoms with Gasteiger partial charge in [0.05, 0.1) is 17.8 Å². The van der Waals surface area contributed by atoms with Gasteiger partial charge in [-0.2, -0.15) is 5.10 Å². The van der Waals surface area contributed by atoms with Gasteiger partial charge in [-0.3, -0.25) is 9.48 Å². The largest absolute Gasteiger partial charge is 0.354 e. The summed E-state index contributed by atoms with van der Waals surface area (Å²) in [6.45, 7) is 5.33. The van der Waals surface area contributed by atoms with Crippen molar-refractivity contribution < 1.29 is 4.79 Å². The number of hydrogen-bond donors (Lipinski definition) is 1. The third kappa shape index (κ3) is 4.11. The van der Waals surface area contributed by atoms with Gasteiger partial charge in [0.2, 0.25) is 5.91 Å². The van der Waals surface area contributed by atoms with E-state index in [4.69, 9.17) is 0 Å². The van der Waals surface area contributed by atoms with Gasteiger partial charge in [0.15, 0.2) is 0 Å².